The minimum Gasteiger partial charge on any atom is -0.480 e. The number of para-hydroxylation sites is 2. The highest BCUT2D eigenvalue weighted by atomic mass is 32.2. The van der Waals surface area contributed by atoms with Gasteiger partial charge in [-0.15, -0.1) is 0 Å². The molecule has 4 rings (SSSR count). The summed E-state index contributed by atoms with van der Waals surface area (Å²) in [5.41, 5.74) is 5.44. The van der Waals surface area contributed by atoms with Crippen molar-refractivity contribution in [1.82, 2.24) is 5.32 Å². The summed E-state index contributed by atoms with van der Waals surface area (Å²) in [6, 6.07) is 30.6. The zero-order valence-electron chi connectivity index (χ0n) is 22.2. The number of carbonyl (C=O) groups excluding carboxylic acids is 1. The van der Waals surface area contributed by atoms with Crippen LogP contribution in [0.15, 0.2) is 97.1 Å². The fraction of sp³-hybridized carbons (Fsp3) is 0.212. The van der Waals surface area contributed by atoms with Gasteiger partial charge in [-0.1, -0.05) is 72.8 Å². The molecular weight excluding hydrogens is 506 g/mol. The van der Waals surface area contributed by atoms with Crippen LogP contribution in [-0.4, -0.2) is 35.0 Å². The summed E-state index contributed by atoms with van der Waals surface area (Å²) in [6.45, 7) is 2.01. The molecule has 6 heteroatoms. The molecule has 0 aliphatic heterocycles. The van der Waals surface area contributed by atoms with E-state index in [9.17, 15) is 14.7 Å². The maximum absolute atomic E-state index is 13.3. The number of carbonyl (C=O) groups is 2. The number of benzene rings is 4. The van der Waals surface area contributed by atoms with Crippen LogP contribution in [-0.2, 0) is 17.6 Å². The molecule has 1 amide bonds. The molecule has 200 valence electrons. The number of carboxylic acids is 1. The van der Waals surface area contributed by atoms with Crippen molar-refractivity contribution >= 4 is 23.6 Å². The predicted molar refractivity (Wildman–Crippen MR) is 159 cm³/mol. The smallest absolute Gasteiger partial charge is 0.326 e. The first kappa shape index (κ1) is 28.0. The minimum absolute atomic E-state index is 0.366. The fourth-order valence-corrected chi connectivity index (χ4v) is 4.95. The van der Waals surface area contributed by atoms with E-state index in [1.54, 1.807) is 11.8 Å². The van der Waals surface area contributed by atoms with E-state index in [4.69, 9.17) is 4.74 Å². The van der Waals surface area contributed by atoms with E-state index in [0.29, 0.717) is 17.7 Å². The average molecular weight is 540 g/mol. The van der Waals surface area contributed by atoms with Crippen molar-refractivity contribution < 1.29 is 19.4 Å². The Morgan fingerprint density at radius 1 is 0.872 bits per heavy atom. The quantitative estimate of drug-likeness (QED) is 0.200. The summed E-state index contributed by atoms with van der Waals surface area (Å²) in [5, 5.41) is 12.4. The lowest BCUT2D eigenvalue weighted by Gasteiger charge is -2.18. The van der Waals surface area contributed by atoms with Gasteiger partial charge in [-0.2, -0.15) is 11.8 Å². The second-order valence-electron chi connectivity index (χ2n) is 9.36. The van der Waals surface area contributed by atoms with Crippen molar-refractivity contribution in [3.63, 3.8) is 0 Å². The van der Waals surface area contributed by atoms with Crippen LogP contribution in [0.3, 0.4) is 0 Å². The summed E-state index contributed by atoms with van der Waals surface area (Å²) < 4.78 is 6.14. The number of ether oxygens (including phenoxy) is 1. The van der Waals surface area contributed by atoms with E-state index in [1.165, 1.54) is 0 Å². The number of aryl methyl sites for hydroxylation is 3. The van der Waals surface area contributed by atoms with Crippen LogP contribution in [0, 0.1) is 6.92 Å². The van der Waals surface area contributed by atoms with Crippen molar-refractivity contribution in [2.24, 2.45) is 0 Å². The first-order valence-corrected chi connectivity index (χ1v) is 14.4. The van der Waals surface area contributed by atoms with E-state index in [2.05, 4.69) is 17.4 Å². The minimum atomic E-state index is -1.03. The number of hydrogen-bond donors (Lipinski definition) is 2. The lowest BCUT2D eigenvalue weighted by molar-refractivity contribution is -0.139. The molecule has 39 heavy (non-hydrogen) atoms. The highest BCUT2D eigenvalue weighted by Gasteiger charge is 2.22. The summed E-state index contributed by atoms with van der Waals surface area (Å²) in [6.07, 6.45) is 3.80. The van der Waals surface area contributed by atoms with Crippen molar-refractivity contribution in [2.75, 3.05) is 12.0 Å². The van der Waals surface area contributed by atoms with Crippen LogP contribution in [0.25, 0.3) is 11.1 Å². The Morgan fingerprint density at radius 3 is 2.33 bits per heavy atom. The Labute approximate surface area is 234 Å². The Balaban J connectivity index is 1.60. The van der Waals surface area contributed by atoms with Gasteiger partial charge in [0.1, 0.15) is 17.5 Å². The molecule has 2 N–H and O–H groups in total. The van der Waals surface area contributed by atoms with E-state index >= 15 is 0 Å². The van der Waals surface area contributed by atoms with Gasteiger partial charge in [-0.3, -0.25) is 4.79 Å². The summed E-state index contributed by atoms with van der Waals surface area (Å²) >= 11 is 1.56. The maximum Gasteiger partial charge on any atom is 0.326 e. The molecule has 1 atom stereocenters. The number of aliphatic carboxylic acids is 1. The maximum atomic E-state index is 13.3. The van der Waals surface area contributed by atoms with Crippen molar-refractivity contribution in [1.29, 1.82) is 0 Å². The number of hydrogen-bond acceptors (Lipinski definition) is 4. The second kappa shape index (κ2) is 13.7. The number of carboxylic acid groups (broad SMARTS) is 1. The molecule has 4 aromatic carbocycles. The van der Waals surface area contributed by atoms with Gasteiger partial charge >= 0.3 is 5.97 Å². The first-order chi connectivity index (χ1) is 19.0. The number of amides is 1. The van der Waals surface area contributed by atoms with Gasteiger partial charge in [0.2, 0.25) is 0 Å². The van der Waals surface area contributed by atoms with Crippen molar-refractivity contribution in [2.45, 2.75) is 32.2 Å². The largest absolute Gasteiger partial charge is 0.480 e. The molecule has 0 spiro atoms. The Morgan fingerprint density at radius 2 is 1.59 bits per heavy atom. The summed E-state index contributed by atoms with van der Waals surface area (Å²) in [4.78, 5) is 25.1. The molecule has 0 fully saturated rings. The van der Waals surface area contributed by atoms with Gasteiger partial charge in [0.25, 0.3) is 5.91 Å². The third-order valence-electron chi connectivity index (χ3n) is 6.60. The summed E-state index contributed by atoms with van der Waals surface area (Å²) in [5.74, 6) is 0.858. The predicted octanol–water partition coefficient (Wildman–Crippen LogP) is 7.18. The van der Waals surface area contributed by atoms with E-state index < -0.39 is 12.0 Å². The van der Waals surface area contributed by atoms with Crippen LogP contribution in [0.5, 0.6) is 11.5 Å². The molecule has 4 aromatic rings. The van der Waals surface area contributed by atoms with Crippen LogP contribution in [0.4, 0.5) is 0 Å². The monoisotopic (exact) mass is 539 g/mol. The van der Waals surface area contributed by atoms with Crippen molar-refractivity contribution in [3.05, 3.63) is 119 Å². The number of nitrogens with one attached hydrogen (secondary N) is 1. The Hall–Kier alpha value is -4.03. The van der Waals surface area contributed by atoms with E-state index in [0.717, 1.165) is 52.2 Å². The van der Waals surface area contributed by atoms with Crippen LogP contribution in [0.2, 0.25) is 0 Å². The van der Waals surface area contributed by atoms with E-state index in [1.807, 2.05) is 98.1 Å². The van der Waals surface area contributed by atoms with Crippen molar-refractivity contribution in [3.8, 4) is 22.6 Å². The Kier molecular flexibility index (Phi) is 9.81. The molecule has 0 aromatic heterocycles. The topological polar surface area (TPSA) is 75.6 Å². The second-order valence-corrected chi connectivity index (χ2v) is 10.3. The molecule has 0 unspecified atom stereocenters. The molecule has 0 heterocycles. The molecule has 0 aliphatic rings. The molecule has 0 saturated carbocycles. The zero-order valence-corrected chi connectivity index (χ0v) is 23.0. The molecular formula is C33H33NO4S. The molecule has 5 nitrogen and oxygen atoms in total. The highest BCUT2D eigenvalue weighted by molar-refractivity contribution is 7.98. The first-order valence-electron chi connectivity index (χ1n) is 13.0. The van der Waals surface area contributed by atoms with Gasteiger partial charge in [0.05, 0.1) is 0 Å². The molecule has 0 aliphatic carbocycles. The van der Waals surface area contributed by atoms with Gasteiger partial charge in [-0.25, -0.2) is 4.79 Å². The zero-order chi connectivity index (χ0) is 27.6. The number of rotatable bonds is 12. The average Bonchev–Trinajstić information content (AvgIpc) is 2.95. The Bertz CT molecular complexity index is 1420. The lowest BCUT2D eigenvalue weighted by Crippen LogP contribution is -2.41. The molecule has 0 radical (unpaired) electrons. The third-order valence-corrected chi connectivity index (χ3v) is 7.25. The highest BCUT2D eigenvalue weighted by Crippen LogP contribution is 2.30. The molecule has 0 saturated heterocycles. The standard InChI is InChI=1S/C33H33NO4S/c1-23-10-6-8-14-27(23)29-22-24(17-19-28(29)32(35)34-30(33(36)37)20-21-39-2)16-18-25-11-7-9-15-31(25)38-26-12-4-3-5-13-26/h3-15,17,19,22,30H,16,18,20-21H2,1-2H3,(H,34,35)(H,36,37)/t30-/m0/s1. The lowest BCUT2D eigenvalue weighted by atomic mass is 9.92. The van der Waals surface area contributed by atoms with Gasteiger partial charge < -0.3 is 15.2 Å². The molecule has 0 bridgehead atoms. The van der Waals surface area contributed by atoms with Gasteiger partial charge in [0.15, 0.2) is 0 Å². The summed E-state index contributed by atoms with van der Waals surface area (Å²) in [7, 11) is 0. The van der Waals surface area contributed by atoms with Crippen LogP contribution in [0.1, 0.15) is 33.5 Å². The van der Waals surface area contributed by atoms with Gasteiger partial charge in [-0.05, 0) is 90.3 Å². The van der Waals surface area contributed by atoms with Crippen LogP contribution >= 0.6 is 11.8 Å². The van der Waals surface area contributed by atoms with Gasteiger partial charge in [0, 0.05) is 5.56 Å². The normalized spacial score (nSPS) is 11.5. The van der Waals surface area contributed by atoms with Crippen LogP contribution < -0.4 is 10.1 Å². The SMILES string of the molecule is CSCC[C@H](NC(=O)c1ccc(CCc2ccccc2Oc2ccccc2)cc1-c1ccccc1C)C(=O)O. The van der Waals surface area contributed by atoms with E-state index in [-0.39, 0.29) is 5.91 Å². The fourth-order valence-electron chi connectivity index (χ4n) is 4.48. The third kappa shape index (κ3) is 7.52. The number of thioether (sulfide) groups is 1.